The molecule has 0 saturated heterocycles. The first-order chi connectivity index (χ1) is 9.54. The second-order valence-electron chi connectivity index (χ2n) is 4.00. The predicted octanol–water partition coefficient (Wildman–Crippen LogP) is 2.43. The standard InChI is InChI=1S/C13H10N3O4/c14-8-11-12(15(17)18)6-10(7-13(11)16(19)20)9-4-2-1-3-5-9/h2-7H,8,14H2. The van der Waals surface area contributed by atoms with Crippen LogP contribution in [0.4, 0.5) is 11.4 Å². The molecule has 7 nitrogen and oxygen atoms in total. The van der Waals surface area contributed by atoms with E-state index in [1.165, 1.54) is 12.1 Å². The maximum atomic E-state index is 11.1. The Bertz CT molecular complexity index is 636. The molecule has 2 aromatic rings. The van der Waals surface area contributed by atoms with E-state index in [1.807, 2.05) is 0 Å². The van der Waals surface area contributed by atoms with Gasteiger partial charge in [-0.15, -0.1) is 0 Å². The van der Waals surface area contributed by atoms with Crippen molar-refractivity contribution in [2.75, 3.05) is 0 Å². The van der Waals surface area contributed by atoms with Crippen LogP contribution in [0, 0.1) is 26.3 Å². The number of nitro groups is 2. The first kappa shape index (κ1) is 13.6. The molecule has 0 atom stereocenters. The molecule has 0 aliphatic carbocycles. The Labute approximate surface area is 113 Å². The number of hydrogen-bond acceptors (Lipinski definition) is 5. The number of benzene rings is 2. The zero-order valence-electron chi connectivity index (χ0n) is 10.3. The second kappa shape index (κ2) is 5.45. The highest BCUT2D eigenvalue weighted by atomic mass is 16.6. The zero-order chi connectivity index (χ0) is 14.7. The normalized spacial score (nSPS) is 10.2. The van der Waals surface area contributed by atoms with E-state index in [0.29, 0.717) is 11.1 Å². The van der Waals surface area contributed by atoms with E-state index in [0.717, 1.165) is 0 Å². The molecule has 0 unspecified atom stereocenters. The summed E-state index contributed by atoms with van der Waals surface area (Å²) in [6.45, 7) is -0.268. The highest BCUT2D eigenvalue weighted by Gasteiger charge is 2.25. The van der Waals surface area contributed by atoms with Crippen LogP contribution in [0.15, 0.2) is 36.4 Å². The molecule has 0 aliphatic heterocycles. The Kier molecular flexibility index (Phi) is 3.72. The van der Waals surface area contributed by atoms with Gasteiger partial charge in [0.15, 0.2) is 0 Å². The van der Waals surface area contributed by atoms with Crippen molar-refractivity contribution in [3.63, 3.8) is 0 Å². The number of nitro benzene ring substituents is 2. The monoisotopic (exact) mass is 272 g/mol. The van der Waals surface area contributed by atoms with Crippen molar-refractivity contribution in [2.45, 2.75) is 6.54 Å². The van der Waals surface area contributed by atoms with Crippen LogP contribution in [0.3, 0.4) is 0 Å². The summed E-state index contributed by atoms with van der Waals surface area (Å²) in [5.41, 5.74) is 5.67. The van der Waals surface area contributed by atoms with E-state index in [9.17, 15) is 20.2 Å². The number of nitrogens with zero attached hydrogens (tertiary/aromatic N) is 2. The lowest BCUT2D eigenvalue weighted by Gasteiger charge is -2.06. The minimum Gasteiger partial charge on any atom is -0.326 e. The Balaban J connectivity index is 2.73. The summed E-state index contributed by atoms with van der Waals surface area (Å²) in [4.78, 5) is 20.8. The average Bonchev–Trinajstić information content (AvgIpc) is 2.46. The Morgan fingerprint density at radius 1 is 1.00 bits per heavy atom. The van der Waals surface area contributed by atoms with Crippen LogP contribution in [0.5, 0.6) is 0 Å². The van der Waals surface area contributed by atoms with Crippen molar-refractivity contribution in [3.05, 3.63) is 68.3 Å². The third-order valence-electron chi connectivity index (χ3n) is 2.85. The minimum atomic E-state index is -0.659. The molecule has 2 N–H and O–H groups in total. The largest absolute Gasteiger partial charge is 0.326 e. The molecule has 0 spiro atoms. The highest BCUT2D eigenvalue weighted by Crippen LogP contribution is 2.34. The lowest BCUT2D eigenvalue weighted by Crippen LogP contribution is -2.06. The SMILES string of the molecule is NCc1c([N+](=O)[O-])cc(-c2cc[c]cc2)cc1[N+](=O)[O-]. The molecule has 0 aromatic heterocycles. The third-order valence-corrected chi connectivity index (χ3v) is 2.85. The van der Waals surface area contributed by atoms with Crippen LogP contribution in [0.25, 0.3) is 11.1 Å². The van der Waals surface area contributed by atoms with Gasteiger partial charge in [0.1, 0.15) is 5.56 Å². The second-order valence-corrected chi connectivity index (χ2v) is 4.00. The maximum Gasteiger partial charge on any atom is 0.281 e. The molecule has 2 rings (SSSR count). The van der Waals surface area contributed by atoms with Gasteiger partial charge < -0.3 is 5.73 Å². The van der Waals surface area contributed by atoms with E-state index in [2.05, 4.69) is 6.07 Å². The van der Waals surface area contributed by atoms with Gasteiger partial charge >= 0.3 is 0 Å². The van der Waals surface area contributed by atoms with Crippen LogP contribution < -0.4 is 5.73 Å². The van der Waals surface area contributed by atoms with Crippen molar-refractivity contribution in [1.29, 1.82) is 0 Å². The van der Waals surface area contributed by atoms with Gasteiger partial charge in [0.05, 0.1) is 9.85 Å². The summed E-state index contributed by atoms with van der Waals surface area (Å²) >= 11 is 0. The van der Waals surface area contributed by atoms with E-state index in [1.54, 1.807) is 24.3 Å². The topological polar surface area (TPSA) is 112 Å². The summed E-state index contributed by atoms with van der Waals surface area (Å²) in [5, 5.41) is 22.1. The quantitative estimate of drug-likeness (QED) is 0.678. The summed E-state index contributed by atoms with van der Waals surface area (Å²) in [6, 6.07) is 12.0. The van der Waals surface area contributed by atoms with E-state index in [4.69, 9.17) is 5.73 Å². The fourth-order valence-corrected chi connectivity index (χ4v) is 1.92. The molecule has 1 radical (unpaired) electrons. The Hall–Kier alpha value is -2.80. The summed E-state index contributed by atoms with van der Waals surface area (Å²) in [7, 11) is 0. The number of hydrogen-bond donors (Lipinski definition) is 1. The number of rotatable bonds is 4. The summed E-state index contributed by atoms with van der Waals surface area (Å²) < 4.78 is 0. The van der Waals surface area contributed by atoms with Crippen molar-refractivity contribution < 1.29 is 9.85 Å². The van der Waals surface area contributed by atoms with Crippen molar-refractivity contribution in [3.8, 4) is 11.1 Å². The van der Waals surface area contributed by atoms with Crippen LogP contribution >= 0.6 is 0 Å². The van der Waals surface area contributed by atoms with E-state index < -0.39 is 9.85 Å². The van der Waals surface area contributed by atoms with E-state index in [-0.39, 0.29) is 23.5 Å². The van der Waals surface area contributed by atoms with E-state index >= 15 is 0 Å². The third kappa shape index (κ3) is 2.47. The molecular weight excluding hydrogens is 262 g/mol. The highest BCUT2D eigenvalue weighted by molar-refractivity contribution is 5.72. The number of nitrogens with two attached hydrogens (primary N) is 1. The Morgan fingerprint density at radius 3 is 1.90 bits per heavy atom. The summed E-state index contributed by atoms with van der Waals surface area (Å²) in [5.74, 6) is 0. The van der Waals surface area contributed by atoms with Crippen molar-refractivity contribution >= 4 is 11.4 Å². The van der Waals surface area contributed by atoms with Crippen molar-refractivity contribution in [2.24, 2.45) is 5.73 Å². The molecule has 2 aromatic carbocycles. The lowest BCUT2D eigenvalue weighted by molar-refractivity contribution is -0.395. The fourth-order valence-electron chi connectivity index (χ4n) is 1.92. The zero-order valence-corrected chi connectivity index (χ0v) is 10.3. The molecular formula is C13H10N3O4. The maximum absolute atomic E-state index is 11.1. The van der Waals surface area contributed by atoms with Gasteiger partial charge in [0.2, 0.25) is 0 Å². The molecule has 0 heterocycles. The molecule has 7 heteroatoms. The lowest BCUT2D eigenvalue weighted by atomic mass is 10.0. The first-order valence-electron chi connectivity index (χ1n) is 5.67. The predicted molar refractivity (Wildman–Crippen MR) is 71.9 cm³/mol. The van der Waals surface area contributed by atoms with Crippen molar-refractivity contribution in [1.82, 2.24) is 0 Å². The van der Waals surface area contributed by atoms with Crippen LogP contribution in [0.2, 0.25) is 0 Å². The smallest absolute Gasteiger partial charge is 0.281 e. The van der Waals surface area contributed by atoms with Crippen LogP contribution in [0.1, 0.15) is 5.56 Å². The molecule has 0 fully saturated rings. The fraction of sp³-hybridized carbons (Fsp3) is 0.0769. The van der Waals surface area contributed by atoms with Gasteiger partial charge in [0, 0.05) is 18.7 Å². The molecule has 0 saturated carbocycles. The molecule has 0 bridgehead atoms. The summed E-state index contributed by atoms with van der Waals surface area (Å²) in [6.07, 6.45) is 0. The molecule has 20 heavy (non-hydrogen) atoms. The van der Waals surface area contributed by atoms with Gasteiger partial charge in [-0.2, -0.15) is 0 Å². The molecule has 0 aliphatic rings. The van der Waals surface area contributed by atoms with Gasteiger partial charge in [-0.1, -0.05) is 24.3 Å². The van der Waals surface area contributed by atoms with Crippen LogP contribution in [-0.2, 0) is 6.54 Å². The van der Waals surface area contributed by atoms with Gasteiger partial charge in [-0.05, 0) is 17.2 Å². The Morgan fingerprint density at radius 2 is 1.50 bits per heavy atom. The average molecular weight is 272 g/mol. The van der Waals surface area contributed by atoms with Crippen LogP contribution in [-0.4, -0.2) is 9.85 Å². The molecule has 0 amide bonds. The van der Waals surface area contributed by atoms with Gasteiger partial charge in [0.25, 0.3) is 11.4 Å². The first-order valence-corrected chi connectivity index (χ1v) is 5.67. The van der Waals surface area contributed by atoms with Gasteiger partial charge in [-0.3, -0.25) is 20.2 Å². The minimum absolute atomic E-state index is 0.0776. The molecule has 101 valence electrons. The van der Waals surface area contributed by atoms with Gasteiger partial charge in [-0.25, -0.2) is 0 Å².